The van der Waals surface area contributed by atoms with Crippen LogP contribution < -0.4 is 9.47 Å². The predicted molar refractivity (Wildman–Crippen MR) is 140 cm³/mol. The van der Waals surface area contributed by atoms with E-state index in [1.54, 1.807) is 36.4 Å². The largest absolute Gasteiger partial charge is 0.450 e. The number of aryl methyl sites for hydroxylation is 2. The summed E-state index contributed by atoms with van der Waals surface area (Å²) in [5.74, 6) is -2.91. The molecular formula is C29H34O10. The topological polar surface area (TPSA) is 124 Å². The molecule has 0 saturated heterocycles. The minimum absolute atomic E-state index is 0.0223. The summed E-state index contributed by atoms with van der Waals surface area (Å²) in [6.45, 7) is 7.48. The maximum Gasteiger partial charge on any atom is 0.352 e. The summed E-state index contributed by atoms with van der Waals surface area (Å²) in [4.78, 5) is 50.5. The Bertz CT molecular complexity index is 1160. The van der Waals surface area contributed by atoms with E-state index in [1.807, 2.05) is 26.0 Å². The molecule has 0 aliphatic rings. The van der Waals surface area contributed by atoms with Gasteiger partial charge in [-0.3, -0.25) is 4.79 Å². The van der Waals surface area contributed by atoms with Crippen molar-refractivity contribution < 1.29 is 47.6 Å². The number of hydrogen-bond donors (Lipinski definition) is 0. The Hall–Kier alpha value is -4.02. The van der Waals surface area contributed by atoms with Crippen molar-refractivity contribution in [2.24, 2.45) is 0 Å². The zero-order valence-corrected chi connectivity index (χ0v) is 22.6. The Morgan fingerprint density at radius 2 is 1.21 bits per heavy atom. The Morgan fingerprint density at radius 3 is 1.64 bits per heavy atom. The number of benzene rings is 2. The summed E-state index contributed by atoms with van der Waals surface area (Å²) in [5, 5.41) is 0. The summed E-state index contributed by atoms with van der Waals surface area (Å²) in [6, 6.07) is 13.6. The van der Waals surface area contributed by atoms with Gasteiger partial charge in [-0.2, -0.15) is 0 Å². The highest BCUT2D eigenvalue weighted by molar-refractivity contribution is 5.95. The van der Waals surface area contributed by atoms with E-state index in [4.69, 9.17) is 28.4 Å². The lowest BCUT2D eigenvalue weighted by Crippen LogP contribution is -2.34. The first kappa shape index (κ1) is 31.2. The molecule has 0 aliphatic carbocycles. The summed E-state index contributed by atoms with van der Waals surface area (Å²) in [5.41, 5.74) is 1.49. The quantitative estimate of drug-likeness (QED) is 0.187. The molecule has 0 aromatic heterocycles. The van der Waals surface area contributed by atoms with Crippen LogP contribution in [0.15, 0.2) is 60.7 Å². The van der Waals surface area contributed by atoms with Gasteiger partial charge in [0.2, 0.25) is 12.2 Å². The van der Waals surface area contributed by atoms with Gasteiger partial charge in [0.1, 0.15) is 11.5 Å². The zero-order valence-electron chi connectivity index (χ0n) is 22.6. The van der Waals surface area contributed by atoms with Gasteiger partial charge in [-0.25, -0.2) is 14.4 Å². The minimum Gasteiger partial charge on any atom is -0.450 e. The van der Waals surface area contributed by atoms with Crippen LogP contribution in [0.2, 0.25) is 0 Å². The van der Waals surface area contributed by atoms with E-state index in [0.717, 1.165) is 11.1 Å². The Balaban J connectivity index is 1.98. The molecule has 0 aliphatic heterocycles. The maximum atomic E-state index is 12.7. The van der Waals surface area contributed by atoms with Gasteiger partial charge in [0.05, 0.1) is 19.6 Å². The Labute approximate surface area is 227 Å². The first-order valence-electron chi connectivity index (χ1n) is 12.3. The second-order valence-corrected chi connectivity index (χ2v) is 8.69. The molecule has 0 N–H and O–H groups in total. The lowest BCUT2D eigenvalue weighted by Gasteiger charge is -2.18. The van der Waals surface area contributed by atoms with Crippen LogP contribution in [0.1, 0.15) is 30.4 Å². The van der Waals surface area contributed by atoms with Crippen molar-refractivity contribution in [3.05, 3.63) is 71.8 Å². The molecule has 210 valence electrons. The van der Waals surface area contributed by atoms with Crippen molar-refractivity contribution in [1.29, 1.82) is 0 Å². The van der Waals surface area contributed by atoms with Crippen molar-refractivity contribution >= 4 is 23.9 Å². The standard InChI is InChI=1S/C29H34O10/c1-19-8-6-10-22(16-19)36-28(32)24(12-14-34-4)38-26(30)18-21(3)27(31)39-25(13-15-35-5)29(33)37-23-11-7-9-20(2)17-23/h6-11,16-17,24-25H,3,12-15,18H2,1-2,4-5H3. The van der Waals surface area contributed by atoms with Gasteiger partial charge >= 0.3 is 23.9 Å². The molecular weight excluding hydrogens is 508 g/mol. The zero-order chi connectivity index (χ0) is 28.8. The lowest BCUT2D eigenvalue weighted by atomic mass is 10.2. The van der Waals surface area contributed by atoms with Gasteiger partial charge < -0.3 is 28.4 Å². The van der Waals surface area contributed by atoms with Crippen LogP contribution in [0, 0.1) is 13.8 Å². The van der Waals surface area contributed by atoms with Gasteiger partial charge in [0, 0.05) is 32.6 Å². The molecule has 2 unspecified atom stereocenters. The molecule has 2 aromatic rings. The second kappa shape index (κ2) is 16.1. The summed E-state index contributed by atoms with van der Waals surface area (Å²) in [6.07, 6.45) is -3.10. The molecule has 2 aromatic carbocycles. The Morgan fingerprint density at radius 1 is 0.744 bits per heavy atom. The molecule has 2 atom stereocenters. The van der Waals surface area contributed by atoms with Crippen LogP contribution in [0.5, 0.6) is 11.5 Å². The number of methoxy groups -OCH3 is 2. The highest BCUT2D eigenvalue weighted by Gasteiger charge is 2.29. The van der Waals surface area contributed by atoms with Crippen molar-refractivity contribution in [2.75, 3.05) is 27.4 Å². The van der Waals surface area contributed by atoms with Crippen LogP contribution >= 0.6 is 0 Å². The van der Waals surface area contributed by atoms with E-state index in [2.05, 4.69) is 6.58 Å². The van der Waals surface area contributed by atoms with Crippen LogP contribution in [-0.2, 0) is 38.1 Å². The van der Waals surface area contributed by atoms with Crippen LogP contribution in [-0.4, -0.2) is 63.5 Å². The smallest absolute Gasteiger partial charge is 0.352 e. The average Bonchev–Trinajstić information content (AvgIpc) is 2.88. The number of ether oxygens (including phenoxy) is 6. The van der Waals surface area contributed by atoms with Crippen molar-refractivity contribution in [2.45, 2.75) is 45.3 Å². The number of hydrogen-bond acceptors (Lipinski definition) is 10. The first-order valence-corrected chi connectivity index (χ1v) is 12.3. The normalized spacial score (nSPS) is 12.1. The third-order valence-electron chi connectivity index (χ3n) is 5.28. The summed E-state index contributed by atoms with van der Waals surface area (Å²) >= 11 is 0. The molecule has 0 bridgehead atoms. The lowest BCUT2D eigenvalue weighted by molar-refractivity contribution is -0.164. The van der Waals surface area contributed by atoms with Gasteiger partial charge in [-0.15, -0.1) is 0 Å². The van der Waals surface area contributed by atoms with Crippen LogP contribution in [0.3, 0.4) is 0 Å². The fourth-order valence-corrected chi connectivity index (χ4v) is 3.28. The van der Waals surface area contributed by atoms with Crippen molar-refractivity contribution in [1.82, 2.24) is 0 Å². The first-order chi connectivity index (χ1) is 18.6. The molecule has 10 heteroatoms. The highest BCUT2D eigenvalue weighted by atomic mass is 16.6. The fourth-order valence-electron chi connectivity index (χ4n) is 3.28. The van der Waals surface area contributed by atoms with Gasteiger partial charge in [0.15, 0.2) is 0 Å². The summed E-state index contributed by atoms with van der Waals surface area (Å²) in [7, 11) is 2.87. The SMILES string of the molecule is C=C(CC(=O)OC(CCOC)C(=O)Oc1cccc(C)c1)C(=O)OC(CCOC)C(=O)Oc1cccc(C)c1. The molecule has 0 fully saturated rings. The molecule has 0 radical (unpaired) electrons. The molecule has 2 rings (SSSR count). The van der Waals surface area contributed by atoms with E-state index in [1.165, 1.54) is 14.2 Å². The maximum absolute atomic E-state index is 12.7. The molecule has 39 heavy (non-hydrogen) atoms. The second-order valence-electron chi connectivity index (χ2n) is 8.69. The third kappa shape index (κ3) is 11.1. The Kier molecular flexibility index (Phi) is 12.8. The van der Waals surface area contributed by atoms with Gasteiger partial charge in [-0.1, -0.05) is 30.8 Å². The van der Waals surface area contributed by atoms with E-state index in [9.17, 15) is 19.2 Å². The number of rotatable bonds is 15. The average molecular weight is 543 g/mol. The van der Waals surface area contributed by atoms with Gasteiger partial charge in [0.25, 0.3) is 0 Å². The number of esters is 4. The molecule has 0 amide bonds. The van der Waals surface area contributed by atoms with E-state index in [-0.39, 0.29) is 31.6 Å². The van der Waals surface area contributed by atoms with Gasteiger partial charge in [-0.05, 0) is 49.2 Å². The molecule has 0 saturated carbocycles. The molecule has 0 spiro atoms. The van der Waals surface area contributed by atoms with E-state index < -0.39 is 42.5 Å². The van der Waals surface area contributed by atoms with Crippen LogP contribution in [0.25, 0.3) is 0 Å². The number of carbonyl (C=O) groups is 4. The predicted octanol–water partition coefficient (Wildman–Crippen LogP) is 3.66. The fraction of sp³-hybridized carbons (Fsp3) is 0.379. The van der Waals surface area contributed by atoms with E-state index >= 15 is 0 Å². The molecule has 10 nitrogen and oxygen atoms in total. The van der Waals surface area contributed by atoms with Crippen molar-refractivity contribution in [3.8, 4) is 11.5 Å². The molecule has 0 heterocycles. The van der Waals surface area contributed by atoms with Crippen LogP contribution in [0.4, 0.5) is 0 Å². The highest BCUT2D eigenvalue weighted by Crippen LogP contribution is 2.17. The van der Waals surface area contributed by atoms with Crippen molar-refractivity contribution in [3.63, 3.8) is 0 Å². The third-order valence-corrected chi connectivity index (χ3v) is 5.28. The monoisotopic (exact) mass is 542 g/mol. The van der Waals surface area contributed by atoms with E-state index in [0.29, 0.717) is 11.5 Å². The summed E-state index contributed by atoms with van der Waals surface area (Å²) < 4.78 is 31.2. The number of carbonyl (C=O) groups excluding carboxylic acids is 4. The minimum atomic E-state index is -1.30.